The van der Waals surface area contributed by atoms with Gasteiger partial charge in [-0.1, -0.05) is 171 Å². The molecule has 0 unspecified atom stereocenters. The van der Waals surface area contributed by atoms with Crippen molar-refractivity contribution in [1.82, 2.24) is 0 Å². The number of rotatable bonds is 12. The van der Waals surface area contributed by atoms with E-state index in [0.717, 1.165) is 38.5 Å². The van der Waals surface area contributed by atoms with Crippen molar-refractivity contribution in [2.45, 2.75) is 98.8 Å². The molecule has 0 heterocycles. The summed E-state index contributed by atoms with van der Waals surface area (Å²) in [7, 11) is 0. The van der Waals surface area contributed by atoms with Crippen molar-refractivity contribution in [1.29, 1.82) is 0 Å². The van der Waals surface area contributed by atoms with Crippen LogP contribution in [0.25, 0.3) is 44.5 Å². The van der Waals surface area contributed by atoms with Crippen LogP contribution in [-0.2, 0) is 19.3 Å². The molecule has 0 fully saturated rings. The molecule has 232 valence electrons. The van der Waals surface area contributed by atoms with Gasteiger partial charge in [-0.2, -0.15) is 0 Å². The highest BCUT2D eigenvalue weighted by atomic mass is 14.3. The first-order chi connectivity index (χ1) is 21.9. The topological polar surface area (TPSA) is 0 Å². The lowest BCUT2D eigenvalue weighted by Crippen LogP contribution is -2.08. The molecule has 0 saturated heterocycles. The van der Waals surface area contributed by atoms with E-state index in [2.05, 4.69) is 152 Å². The van der Waals surface area contributed by atoms with Crippen LogP contribution >= 0.6 is 0 Å². The van der Waals surface area contributed by atoms with E-state index >= 15 is 0 Å². The van der Waals surface area contributed by atoms with Gasteiger partial charge in [0.25, 0.3) is 0 Å². The van der Waals surface area contributed by atoms with Crippen LogP contribution in [-0.4, -0.2) is 0 Å². The largest absolute Gasteiger partial charge is 0.0651 e. The van der Waals surface area contributed by atoms with Crippen LogP contribution in [0.4, 0.5) is 0 Å². The summed E-state index contributed by atoms with van der Waals surface area (Å²) in [6.07, 6.45) is 6.62. The lowest BCUT2D eigenvalue weighted by molar-refractivity contribution is 0.860. The minimum atomic E-state index is 0.322. The minimum Gasteiger partial charge on any atom is -0.0651 e. The molecule has 0 N–H and O–H groups in total. The van der Waals surface area contributed by atoms with Crippen molar-refractivity contribution in [3.8, 4) is 44.5 Å². The minimum absolute atomic E-state index is 0.322. The van der Waals surface area contributed by atoms with Gasteiger partial charge in [-0.3, -0.25) is 0 Å². The Morgan fingerprint density at radius 2 is 1.02 bits per heavy atom. The van der Waals surface area contributed by atoms with Crippen LogP contribution in [0.15, 0.2) is 103 Å². The third-order valence-electron chi connectivity index (χ3n) is 9.17. The lowest BCUT2D eigenvalue weighted by atomic mass is 9.72. The molecule has 5 aromatic carbocycles. The second kappa shape index (κ2) is 14.9. The Morgan fingerprint density at radius 1 is 0.444 bits per heavy atom. The van der Waals surface area contributed by atoms with Crippen LogP contribution in [0.1, 0.15) is 107 Å². The van der Waals surface area contributed by atoms with E-state index in [1.54, 1.807) is 0 Å². The zero-order valence-electron chi connectivity index (χ0n) is 28.7. The second-order valence-corrected chi connectivity index (χ2v) is 13.3. The van der Waals surface area contributed by atoms with E-state index in [9.17, 15) is 0 Å². The van der Waals surface area contributed by atoms with Crippen molar-refractivity contribution in [3.63, 3.8) is 0 Å². The molecule has 0 aliphatic carbocycles. The van der Waals surface area contributed by atoms with Crippen molar-refractivity contribution < 1.29 is 0 Å². The fourth-order valence-electron chi connectivity index (χ4n) is 7.24. The Bertz CT molecular complexity index is 1700. The van der Waals surface area contributed by atoms with Crippen LogP contribution < -0.4 is 0 Å². The van der Waals surface area contributed by atoms with Crippen molar-refractivity contribution in [3.05, 3.63) is 131 Å². The summed E-state index contributed by atoms with van der Waals surface area (Å²) in [5, 5.41) is 0. The number of hydrogen-bond donors (Lipinski definition) is 0. The van der Waals surface area contributed by atoms with Gasteiger partial charge >= 0.3 is 0 Å². The smallest absolute Gasteiger partial charge is 0.00609 e. The van der Waals surface area contributed by atoms with Crippen molar-refractivity contribution >= 4 is 0 Å². The summed E-state index contributed by atoms with van der Waals surface area (Å²) < 4.78 is 0. The van der Waals surface area contributed by atoms with Gasteiger partial charge in [-0.25, -0.2) is 0 Å². The summed E-state index contributed by atoms with van der Waals surface area (Å²) in [4.78, 5) is 0. The maximum Gasteiger partial charge on any atom is -0.00609 e. The molecule has 0 aliphatic heterocycles. The Hall–Kier alpha value is -3.90. The molecule has 0 radical (unpaired) electrons. The third kappa shape index (κ3) is 6.86. The average Bonchev–Trinajstić information content (AvgIpc) is 3.05. The second-order valence-electron chi connectivity index (χ2n) is 13.3. The van der Waals surface area contributed by atoms with Gasteiger partial charge in [-0.05, 0) is 103 Å². The van der Waals surface area contributed by atoms with E-state index in [1.165, 1.54) is 72.3 Å². The van der Waals surface area contributed by atoms with Gasteiger partial charge in [0.15, 0.2) is 0 Å². The van der Waals surface area contributed by atoms with Gasteiger partial charge in [0.1, 0.15) is 0 Å². The Morgan fingerprint density at radius 3 is 1.67 bits per heavy atom. The maximum atomic E-state index is 2.47. The molecule has 0 heteroatoms. The van der Waals surface area contributed by atoms with Crippen LogP contribution in [0, 0.1) is 0 Å². The molecule has 45 heavy (non-hydrogen) atoms. The Kier molecular flexibility index (Phi) is 10.8. The Balaban J connectivity index is 2.05. The predicted molar refractivity (Wildman–Crippen MR) is 198 cm³/mol. The zero-order valence-corrected chi connectivity index (χ0v) is 28.7. The van der Waals surface area contributed by atoms with Crippen LogP contribution in [0.2, 0.25) is 0 Å². The molecule has 0 spiro atoms. The molecule has 0 aliphatic rings. The highest BCUT2D eigenvalue weighted by Gasteiger charge is 2.29. The van der Waals surface area contributed by atoms with Crippen LogP contribution in [0.5, 0.6) is 0 Å². The summed E-state index contributed by atoms with van der Waals surface area (Å²) in [5.41, 5.74) is 18.2. The van der Waals surface area contributed by atoms with Crippen molar-refractivity contribution in [2.24, 2.45) is 0 Å². The first-order valence-electron chi connectivity index (χ1n) is 17.4. The first kappa shape index (κ1) is 32.5. The predicted octanol–water partition coefficient (Wildman–Crippen LogP) is 13.5. The fraction of sp³-hybridized carbons (Fsp3) is 0.333. The molecule has 0 bridgehead atoms. The SMILES string of the molecule is CCCc1ccc(-c2c(-c3ccccc3C(C)C)c(CCC)c(-c3ccccc3)c(-c3cccc(CCC)c3)c2C(C)C)cc1. The van der Waals surface area contributed by atoms with Gasteiger partial charge in [0, 0.05) is 0 Å². The number of benzene rings is 5. The normalized spacial score (nSPS) is 11.5. The molecule has 0 amide bonds. The molecule has 5 rings (SSSR count). The molecular formula is C45H52. The van der Waals surface area contributed by atoms with Crippen LogP contribution in [0.3, 0.4) is 0 Å². The van der Waals surface area contributed by atoms with Gasteiger partial charge < -0.3 is 0 Å². The summed E-state index contributed by atoms with van der Waals surface area (Å²) in [5.74, 6) is 0.742. The summed E-state index contributed by atoms with van der Waals surface area (Å²) in [6.45, 7) is 16.4. The van der Waals surface area contributed by atoms with E-state index in [4.69, 9.17) is 0 Å². The third-order valence-corrected chi connectivity index (χ3v) is 9.17. The molecule has 0 nitrogen and oxygen atoms in total. The molecule has 0 saturated carbocycles. The zero-order chi connectivity index (χ0) is 31.9. The van der Waals surface area contributed by atoms with E-state index in [1.807, 2.05) is 0 Å². The molecule has 0 aromatic heterocycles. The quantitative estimate of drug-likeness (QED) is 0.135. The Labute approximate surface area is 273 Å². The highest BCUT2D eigenvalue weighted by Crippen LogP contribution is 2.52. The maximum absolute atomic E-state index is 2.47. The molecule has 5 aromatic rings. The summed E-state index contributed by atoms with van der Waals surface area (Å²) >= 11 is 0. The standard InChI is InChI=1S/C45H52/c1-8-17-33-26-28-36(29-27-33)43-41(32(6)7)44(37-23-16-20-34(30-37)18-9-2)42(35-21-12-11-13-22-35)40(19-10-3)45(43)39-25-15-14-24-38(39)31(4)5/h11-16,20-32H,8-10,17-19H2,1-7H3. The lowest BCUT2D eigenvalue weighted by Gasteiger charge is -2.31. The van der Waals surface area contributed by atoms with E-state index < -0.39 is 0 Å². The van der Waals surface area contributed by atoms with Gasteiger partial charge in [0.05, 0.1) is 0 Å². The van der Waals surface area contributed by atoms with E-state index in [0.29, 0.717) is 11.8 Å². The first-order valence-corrected chi connectivity index (χ1v) is 17.4. The van der Waals surface area contributed by atoms with Crippen molar-refractivity contribution in [2.75, 3.05) is 0 Å². The number of hydrogen-bond acceptors (Lipinski definition) is 0. The monoisotopic (exact) mass is 592 g/mol. The fourth-order valence-corrected chi connectivity index (χ4v) is 7.24. The summed E-state index contributed by atoms with van der Waals surface area (Å²) in [6, 6.07) is 39.4. The average molecular weight is 593 g/mol. The molecular weight excluding hydrogens is 540 g/mol. The molecule has 0 atom stereocenters. The van der Waals surface area contributed by atoms with Gasteiger partial charge in [-0.15, -0.1) is 0 Å². The van der Waals surface area contributed by atoms with E-state index in [-0.39, 0.29) is 0 Å². The number of aryl methyl sites for hydroxylation is 2. The highest BCUT2D eigenvalue weighted by molar-refractivity contribution is 6.02. The van der Waals surface area contributed by atoms with Gasteiger partial charge in [0.2, 0.25) is 0 Å².